The van der Waals surface area contributed by atoms with E-state index in [9.17, 15) is 4.79 Å². The van der Waals surface area contributed by atoms with E-state index < -0.39 is 5.38 Å². The lowest BCUT2D eigenvalue weighted by molar-refractivity contribution is 0.0990. The first-order valence-corrected chi connectivity index (χ1v) is 8.77. The lowest BCUT2D eigenvalue weighted by Crippen LogP contribution is -2.23. The fourth-order valence-electron chi connectivity index (χ4n) is 4.00. The van der Waals surface area contributed by atoms with Crippen molar-refractivity contribution in [1.29, 1.82) is 0 Å². The van der Waals surface area contributed by atoms with E-state index in [2.05, 4.69) is 25.3 Å². The Bertz CT molecular complexity index is 498. The molecule has 0 aliphatic heterocycles. The summed E-state index contributed by atoms with van der Waals surface area (Å²) in [7, 11) is 0. The van der Waals surface area contributed by atoms with Gasteiger partial charge in [0.15, 0.2) is 5.78 Å². The molecule has 2 rings (SSSR count). The molecule has 3 heteroatoms. The van der Waals surface area contributed by atoms with Gasteiger partial charge in [0.25, 0.3) is 0 Å². The highest BCUT2D eigenvalue weighted by Crippen LogP contribution is 2.37. The maximum Gasteiger partial charge on any atom is 0.182 e. The smallest absolute Gasteiger partial charge is 0.182 e. The second-order valence-electron chi connectivity index (χ2n) is 6.51. The van der Waals surface area contributed by atoms with E-state index in [4.69, 9.17) is 11.6 Å². The summed E-state index contributed by atoms with van der Waals surface area (Å²) in [6, 6.07) is 2.56. The van der Waals surface area contributed by atoms with Gasteiger partial charge in [-0.05, 0) is 52.0 Å². The molecule has 1 aliphatic carbocycles. The highest BCUT2D eigenvalue weighted by molar-refractivity contribution is 6.33. The number of ketones is 1. The summed E-state index contributed by atoms with van der Waals surface area (Å²) in [6.45, 7) is 8.22. The molecular formula is C18H28ClNO. The number of nitrogens with zero attached hydrogens (tertiary/aromatic N) is 1. The molecule has 2 atom stereocenters. The zero-order valence-electron chi connectivity index (χ0n) is 13.8. The number of aromatic nitrogens is 1. The van der Waals surface area contributed by atoms with Crippen molar-refractivity contribution < 1.29 is 4.79 Å². The highest BCUT2D eigenvalue weighted by Gasteiger charge is 2.28. The first-order valence-electron chi connectivity index (χ1n) is 8.34. The quantitative estimate of drug-likeness (QED) is 0.524. The normalized spacial score (nSPS) is 19.5. The average molecular weight is 310 g/mol. The number of carbonyl (C=O) groups is 1. The summed E-state index contributed by atoms with van der Waals surface area (Å²) >= 11 is 6.00. The summed E-state index contributed by atoms with van der Waals surface area (Å²) in [4.78, 5) is 12.3. The predicted octanol–water partition coefficient (Wildman–Crippen LogP) is 5.45. The zero-order valence-corrected chi connectivity index (χ0v) is 14.5. The van der Waals surface area contributed by atoms with Crippen molar-refractivity contribution >= 4 is 17.4 Å². The van der Waals surface area contributed by atoms with E-state index in [1.165, 1.54) is 37.8 Å². The molecule has 118 valence electrons. The summed E-state index contributed by atoms with van der Waals surface area (Å²) in [6.07, 6.45) is 7.86. The second-order valence-corrected chi connectivity index (χ2v) is 7.16. The molecule has 1 heterocycles. The number of hydrogen-bond donors (Lipinski definition) is 0. The zero-order chi connectivity index (χ0) is 15.6. The lowest BCUT2D eigenvalue weighted by atomic mass is 9.82. The molecule has 0 radical (unpaired) electrons. The van der Waals surface area contributed by atoms with Crippen molar-refractivity contribution in [2.75, 3.05) is 0 Å². The third-order valence-electron chi connectivity index (χ3n) is 5.06. The Hall–Kier alpha value is -0.760. The van der Waals surface area contributed by atoms with Crippen LogP contribution in [0.3, 0.4) is 0 Å². The number of hydrogen-bond acceptors (Lipinski definition) is 1. The molecule has 1 aromatic heterocycles. The van der Waals surface area contributed by atoms with Gasteiger partial charge in [-0.1, -0.05) is 26.2 Å². The molecular weight excluding hydrogens is 282 g/mol. The molecule has 1 fully saturated rings. The third-order valence-corrected chi connectivity index (χ3v) is 5.25. The monoisotopic (exact) mass is 309 g/mol. The van der Waals surface area contributed by atoms with Crippen molar-refractivity contribution in [3.63, 3.8) is 0 Å². The molecule has 0 N–H and O–H groups in total. The van der Waals surface area contributed by atoms with Gasteiger partial charge in [-0.2, -0.15) is 0 Å². The fourth-order valence-corrected chi connectivity index (χ4v) is 4.11. The summed E-state index contributed by atoms with van der Waals surface area (Å²) < 4.78 is 2.41. The average Bonchev–Trinajstić information content (AvgIpc) is 2.76. The van der Waals surface area contributed by atoms with Gasteiger partial charge in [0.05, 0.1) is 5.38 Å². The molecule has 0 bridgehead atoms. The van der Waals surface area contributed by atoms with Crippen molar-refractivity contribution in [2.24, 2.45) is 5.92 Å². The molecule has 0 aromatic carbocycles. The van der Waals surface area contributed by atoms with Gasteiger partial charge in [-0.15, -0.1) is 11.6 Å². The van der Waals surface area contributed by atoms with Gasteiger partial charge in [-0.3, -0.25) is 4.79 Å². The first-order chi connectivity index (χ1) is 9.97. The molecule has 1 saturated carbocycles. The Morgan fingerprint density at radius 3 is 2.48 bits per heavy atom. The lowest BCUT2D eigenvalue weighted by Gasteiger charge is -2.33. The van der Waals surface area contributed by atoms with Crippen LogP contribution in [0, 0.1) is 19.8 Å². The molecule has 21 heavy (non-hydrogen) atoms. The van der Waals surface area contributed by atoms with Crippen LogP contribution in [0.5, 0.6) is 0 Å². The molecule has 1 aliphatic rings. The van der Waals surface area contributed by atoms with Crippen molar-refractivity contribution in [2.45, 2.75) is 77.6 Å². The van der Waals surface area contributed by atoms with Crippen molar-refractivity contribution in [3.05, 3.63) is 23.0 Å². The van der Waals surface area contributed by atoms with Crippen LogP contribution in [-0.4, -0.2) is 15.7 Å². The van der Waals surface area contributed by atoms with Crippen LogP contribution in [-0.2, 0) is 0 Å². The Labute approximate surface area is 133 Å². The van der Waals surface area contributed by atoms with Gasteiger partial charge in [0.1, 0.15) is 0 Å². The summed E-state index contributed by atoms with van der Waals surface area (Å²) in [5, 5.41) is -0.450. The third kappa shape index (κ3) is 3.36. The van der Waals surface area contributed by atoms with E-state index in [0.717, 1.165) is 23.6 Å². The highest BCUT2D eigenvalue weighted by atomic mass is 35.5. The van der Waals surface area contributed by atoms with Gasteiger partial charge in [0.2, 0.25) is 0 Å². The number of carbonyl (C=O) groups excluding carboxylic acids is 1. The van der Waals surface area contributed by atoms with E-state index in [1.54, 1.807) is 6.92 Å². The van der Waals surface area contributed by atoms with Crippen LogP contribution in [0.25, 0.3) is 0 Å². The minimum Gasteiger partial charge on any atom is -0.345 e. The van der Waals surface area contributed by atoms with Gasteiger partial charge in [0, 0.05) is 23.0 Å². The first kappa shape index (κ1) is 16.6. The van der Waals surface area contributed by atoms with Gasteiger partial charge >= 0.3 is 0 Å². The SMILES string of the molecule is CCC(C1CCCCC1)n1c(C)cc(C(=O)C(C)Cl)c1C. The van der Waals surface area contributed by atoms with Crippen molar-refractivity contribution in [3.8, 4) is 0 Å². The molecule has 1 aromatic rings. The number of halogens is 1. The minimum absolute atomic E-state index is 0.0505. The van der Waals surface area contributed by atoms with Crippen LogP contribution in [0.2, 0.25) is 0 Å². The van der Waals surface area contributed by atoms with Crippen LogP contribution in [0.15, 0.2) is 6.07 Å². The number of alkyl halides is 1. The van der Waals surface area contributed by atoms with Crippen LogP contribution in [0.4, 0.5) is 0 Å². The Kier molecular flexibility index (Phi) is 5.54. The molecule has 2 unspecified atom stereocenters. The molecule has 0 saturated heterocycles. The predicted molar refractivity (Wildman–Crippen MR) is 89.5 cm³/mol. The van der Waals surface area contributed by atoms with Gasteiger partial charge in [-0.25, -0.2) is 0 Å². The van der Waals surface area contributed by atoms with Gasteiger partial charge < -0.3 is 4.57 Å². The van der Waals surface area contributed by atoms with Crippen molar-refractivity contribution in [1.82, 2.24) is 4.57 Å². The van der Waals surface area contributed by atoms with E-state index in [1.807, 2.05) is 6.07 Å². The largest absolute Gasteiger partial charge is 0.345 e. The minimum atomic E-state index is -0.450. The number of aryl methyl sites for hydroxylation is 1. The Balaban J connectivity index is 2.35. The summed E-state index contributed by atoms with van der Waals surface area (Å²) in [5.41, 5.74) is 3.11. The number of Topliss-reactive ketones (excluding diaryl/α,β-unsaturated/α-hetero) is 1. The number of rotatable bonds is 5. The fraction of sp³-hybridized carbons (Fsp3) is 0.722. The van der Waals surface area contributed by atoms with E-state index in [0.29, 0.717) is 6.04 Å². The van der Waals surface area contributed by atoms with Crippen LogP contribution >= 0.6 is 11.6 Å². The Morgan fingerprint density at radius 2 is 1.95 bits per heavy atom. The molecule has 0 spiro atoms. The maximum atomic E-state index is 12.3. The summed E-state index contributed by atoms with van der Waals surface area (Å²) in [5.74, 6) is 0.805. The van der Waals surface area contributed by atoms with Crippen LogP contribution < -0.4 is 0 Å². The second kappa shape index (κ2) is 7.00. The van der Waals surface area contributed by atoms with Crippen LogP contribution in [0.1, 0.15) is 80.2 Å². The molecule has 0 amide bonds. The van der Waals surface area contributed by atoms with E-state index in [-0.39, 0.29) is 5.78 Å². The molecule has 2 nitrogen and oxygen atoms in total. The standard InChI is InChI=1S/C18H28ClNO/c1-5-17(15-9-7-6-8-10-15)20-12(2)11-16(14(20)4)18(21)13(3)19/h11,13,15,17H,5-10H2,1-4H3. The maximum absolute atomic E-state index is 12.3. The Morgan fingerprint density at radius 1 is 1.33 bits per heavy atom. The topological polar surface area (TPSA) is 22.0 Å². The van der Waals surface area contributed by atoms with E-state index >= 15 is 0 Å².